The molecule has 0 spiro atoms. The molecule has 0 aliphatic carbocycles. The van der Waals surface area contributed by atoms with Crippen LogP contribution in [0.1, 0.15) is 20.3 Å². The van der Waals surface area contributed by atoms with Crippen LogP contribution >= 0.6 is 11.6 Å². The first kappa shape index (κ1) is 12.2. The van der Waals surface area contributed by atoms with Gasteiger partial charge in [0.1, 0.15) is 11.3 Å². The Labute approximate surface area is 94.9 Å². The monoisotopic (exact) mass is 229 g/mol. The minimum atomic E-state index is 0.173. The molecule has 1 aromatic heterocycles. The van der Waals surface area contributed by atoms with Gasteiger partial charge in [0.05, 0.1) is 6.20 Å². The lowest BCUT2D eigenvalue weighted by molar-refractivity contribution is 0.288. The van der Waals surface area contributed by atoms with Gasteiger partial charge in [-0.05, 0) is 20.3 Å². The smallest absolute Gasteiger partial charge is 0.151 e. The van der Waals surface area contributed by atoms with Crippen molar-refractivity contribution >= 4 is 17.4 Å². The average Bonchev–Trinajstić information content (AvgIpc) is 2.20. The Hall–Kier alpha value is -0.870. The van der Waals surface area contributed by atoms with Crippen molar-refractivity contribution in [1.82, 2.24) is 9.97 Å². The van der Waals surface area contributed by atoms with Gasteiger partial charge in [-0.25, -0.2) is 9.97 Å². The summed E-state index contributed by atoms with van der Waals surface area (Å²) in [4.78, 5) is 10.1. The zero-order valence-corrected chi connectivity index (χ0v) is 9.78. The molecule has 1 rings (SSSR count). The highest BCUT2D eigenvalue weighted by molar-refractivity contribution is 6.32. The Morgan fingerprint density at radius 1 is 1.53 bits per heavy atom. The lowest BCUT2D eigenvalue weighted by Crippen LogP contribution is -2.33. The number of aromatic nitrogens is 2. The normalized spacial score (nSPS) is 10.7. The molecule has 0 unspecified atom stereocenters. The molecule has 0 radical (unpaired) electrons. The second-order valence-electron chi connectivity index (χ2n) is 3.56. The number of rotatable bonds is 5. The molecule has 15 heavy (non-hydrogen) atoms. The summed E-state index contributed by atoms with van der Waals surface area (Å²) < 4.78 is 0. The second-order valence-corrected chi connectivity index (χ2v) is 3.97. The number of hydrogen-bond donors (Lipinski definition) is 1. The molecule has 0 saturated carbocycles. The topological polar surface area (TPSA) is 49.2 Å². The number of hydrogen-bond acceptors (Lipinski definition) is 4. The first-order valence-electron chi connectivity index (χ1n) is 4.99. The molecule has 5 heteroatoms. The fourth-order valence-electron chi connectivity index (χ4n) is 1.37. The maximum absolute atomic E-state index is 8.82. The number of nitrogens with zero attached hydrogens (tertiary/aromatic N) is 3. The number of anilines is 1. The first-order chi connectivity index (χ1) is 7.16. The second kappa shape index (κ2) is 5.88. The van der Waals surface area contributed by atoms with E-state index in [0.717, 1.165) is 12.4 Å². The Morgan fingerprint density at radius 2 is 2.27 bits per heavy atom. The Balaban J connectivity index is 2.84. The molecule has 0 fully saturated rings. The van der Waals surface area contributed by atoms with Gasteiger partial charge >= 0.3 is 0 Å². The summed E-state index contributed by atoms with van der Waals surface area (Å²) in [5.41, 5.74) is 0. The highest BCUT2D eigenvalue weighted by Gasteiger charge is 2.14. The molecule has 1 heterocycles. The highest BCUT2D eigenvalue weighted by Crippen LogP contribution is 2.23. The van der Waals surface area contributed by atoms with Crippen LogP contribution in [0.15, 0.2) is 12.5 Å². The van der Waals surface area contributed by atoms with E-state index in [9.17, 15) is 0 Å². The van der Waals surface area contributed by atoms with Crippen LogP contribution in [0.4, 0.5) is 5.82 Å². The predicted molar refractivity (Wildman–Crippen MR) is 61.2 cm³/mol. The molecular formula is C10H16ClN3O. The van der Waals surface area contributed by atoms with Crippen LogP contribution in [0.3, 0.4) is 0 Å². The van der Waals surface area contributed by atoms with E-state index in [1.165, 1.54) is 6.33 Å². The summed E-state index contributed by atoms with van der Waals surface area (Å²) in [6.07, 6.45) is 3.77. The molecule has 0 bridgehead atoms. The van der Waals surface area contributed by atoms with E-state index in [4.69, 9.17) is 16.7 Å². The van der Waals surface area contributed by atoms with Crippen molar-refractivity contribution in [2.45, 2.75) is 26.3 Å². The molecule has 1 aromatic rings. The molecule has 0 aliphatic rings. The van der Waals surface area contributed by atoms with Gasteiger partial charge in [0.25, 0.3) is 0 Å². The van der Waals surface area contributed by atoms with Crippen LogP contribution in [-0.2, 0) is 0 Å². The van der Waals surface area contributed by atoms with Crippen molar-refractivity contribution in [3.8, 4) is 0 Å². The van der Waals surface area contributed by atoms with Gasteiger partial charge in [-0.2, -0.15) is 0 Å². The number of halogens is 1. The van der Waals surface area contributed by atoms with Gasteiger partial charge in [0.15, 0.2) is 5.82 Å². The van der Waals surface area contributed by atoms with Crippen LogP contribution in [-0.4, -0.2) is 34.3 Å². The van der Waals surface area contributed by atoms with Crippen molar-refractivity contribution in [2.75, 3.05) is 18.1 Å². The Bertz CT molecular complexity index is 306. The molecule has 0 aliphatic heterocycles. The van der Waals surface area contributed by atoms with E-state index >= 15 is 0 Å². The summed E-state index contributed by atoms with van der Waals surface area (Å²) >= 11 is 6.01. The van der Waals surface area contributed by atoms with Crippen LogP contribution in [0.25, 0.3) is 0 Å². The third-order valence-corrected chi connectivity index (χ3v) is 2.37. The van der Waals surface area contributed by atoms with E-state index in [-0.39, 0.29) is 6.61 Å². The van der Waals surface area contributed by atoms with Gasteiger partial charge in [-0.15, -0.1) is 0 Å². The van der Waals surface area contributed by atoms with E-state index in [1.807, 2.05) is 0 Å². The van der Waals surface area contributed by atoms with Crippen LogP contribution in [0, 0.1) is 0 Å². The van der Waals surface area contributed by atoms with Crippen LogP contribution < -0.4 is 4.90 Å². The molecule has 0 amide bonds. The lowest BCUT2D eigenvalue weighted by atomic mass is 10.3. The van der Waals surface area contributed by atoms with Crippen LogP contribution in [0.5, 0.6) is 0 Å². The predicted octanol–water partition coefficient (Wildman–Crippen LogP) is 1.73. The Kier molecular flexibility index (Phi) is 4.78. The van der Waals surface area contributed by atoms with Crippen molar-refractivity contribution in [2.24, 2.45) is 0 Å². The number of aliphatic hydroxyl groups excluding tert-OH is 1. The molecular weight excluding hydrogens is 214 g/mol. The van der Waals surface area contributed by atoms with Crippen molar-refractivity contribution in [1.29, 1.82) is 0 Å². The van der Waals surface area contributed by atoms with Gasteiger partial charge in [-0.3, -0.25) is 0 Å². The lowest BCUT2D eigenvalue weighted by Gasteiger charge is -2.28. The Morgan fingerprint density at radius 3 is 2.80 bits per heavy atom. The van der Waals surface area contributed by atoms with E-state index in [2.05, 4.69) is 28.7 Å². The maximum atomic E-state index is 8.82. The quantitative estimate of drug-likeness (QED) is 0.836. The van der Waals surface area contributed by atoms with E-state index in [1.54, 1.807) is 6.20 Å². The molecule has 4 nitrogen and oxygen atoms in total. The molecule has 84 valence electrons. The van der Waals surface area contributed by atoms with E-state index in [0.29, 0.717) is 17.5 Å². The third-order valence-electron chi connectivity index (χ3n) is 2.10. The summed E-state index contributed by atoms with van der Waals surface area (Å²) in [5, 5.41) is 9.37. The SMILES string of the molecule is CC(C)N(CCCO)c1ncncc1Cl. The summed E-state index contributed by atoms with van der Waals surface area (Å²) in [7, 11) is 0. The minimum Gasteiger partial charge on any atom is -0.396 e. The summed E-state index contributed by atoms with van der Waals surface area (Å²) in [6, 6.07) is 0.295. The van der Waals surface area contributed by atoms with Gasteiger partial charge in [-0.1, -0.05) is 11.6 Å². The van der Waals surface area contributed by atoms with Crippen molar-refractivity contribution in [3.05, 3.63) is 17.5 Å². The minimum absolute atomic E-state index is 0.173. The van der Waals surface area contributed by atoms with Crippen molar-refractivity contribution < 1.29 is 5.11 Å². The first-order valence-corrected chi connectivity index (χ1v) is 5.37. The fraction of sp³-hybridized carbons (Fsp3) is 0.600. The number of aliphatic hydroxyl groups is 1. The summed E-state index contributed by atoms with van der Waals surface area (Å²) in [6.45, 7) is 5.04. The average molecular weight is 230 g/mol. The van der Waals surface area contributed by atoms with E-state index < -0.39 is 0 Å². The maximum Gasteiger partial charge on any atom is 0.151 e. The van der Waals surface area contributed by atoms with Gasteiger partial charge < -0.3 is 10.0 Å². The molecule has 0 atom stereocenters. The highest BCUT2D eigenvalue weighted by atomic mass is 35.5. The summed E-state index contributed by atoms with van der Waals surface area (Å²) in [5.74, 6) is 0.732. The van der Waals surface area contributed by atoms with Crippen molar-refractivity contribution in [3.63, 3.8) is 0 Å². The van der Waals surface area contributed by atoms with Gasteiger partial charge in [0.2, 0.25) is 0 Å². The third kappa shape index (κ3) is 3.32. The largest absolute Gasteiger partial charge is 0.396 e. The zero-order chi connectivity index (χ0) is 11.3. The van der Waals surface area contributed by atoms with Crippen LogP contribution in [0.2, 0.25) is 5.02 Å². The fourth-order valence-corrected chi connectivity index (χ4v) is 1.58. The van der Waals surface area contributed by atoms with Gasteiger partial charge in [0, 0.05) is 19.2 Å². The molecule has 0 aromatic carbocycles. The molecule has 0 saturated heterocycles. The standard InChI is InChI=1S/C10H16ClN3O/c1-8(2)14(4-3-5-15)10-9(11)6-12-7-13-10/h6-8,15H,3-5H2,1-2H3. The molecule has 1 N–H and O–H groups in total. The zero-order valence-electron chi connectivity index (χ0n) is 9.02.